The van der Waals surface area contributed by atoms with E-state index in [0.717, 1.165) is 25.7 Å². The van der Waals surface area contributed by atoms with Gasteiger partial charge >= 0.3 is 0 Å². The third kappa shape index (κ3) is 2.41. The number of hydrogen-bond acceptors (Lipinski definition) is 4. The molecule has 1 aliphatic carbocycles. The number of nitrogens with zero attached hydrogens (tertiary/aromatic N) is 2. The quantitative estimate of drug-likeness (QED) is 0.845. The van der Waals surface area contributed by atoms with E-state index in [0.29, 0.717) is 11.4 Å². The molecule has 1 aromatic rings. The van der Waals surface area contributed by atoms with Crippen LogP contribution in [-0.4, -0.2) is 29.4 Å². The molecule has 2 rings (SSSR count). The van der Waals surface area contributed by atoms with Crippen molar-refractivity contribution in [2.45, 2.75) is 56.6 Å². The largest absolute Gasteiger partial charge is 0.391 e. The second-order valence-corrected chi connectivity index (χ2v) is 7.30. The number of rotatable bonds is 2. The highest BCUT2D eigenvalue weighted by molar-refractivity contribution is 8.13. The summed E-state index contributed by atoms with van der Waals surface area (Å²) in [5.41, 5.74) is 0.897. The number of aliphatic hydroxyl groups excluding tert-OH is 1. The van der Waals surface area contributed by atoms with Crippen LogP contribution in [0.15, 0.2) is 4.90 Å². The van der Waals surface area contributed by atoms with E-state index in [1.54, 1.807) is 18.5 Å². The van der Waals surface area contributed by atoms with Gasteiger partial charge in [-0.25, -0.2) is 8.42 Å². The zero-order valence-electron chi connectivity index (χ0n) is 10.4. The van der Waals surface area contributed by atoms with E-state index in [1.807, 2.05) is 0 Å². The van der Waals surface area contributed by atoms with Gasteiger partial charge in [0.05, 0.1) is 23.5 Å². The lowest BCUT2D eigenvalue weighted by Gasteiger charge is -2.28. The molecule has 0 amide bonds. The predicted octanol–water partition coefficient (Wildman–Crippen LogP) is 1.90. The van der Waals surface area contributed by atoms with Crippen molar-refractivity contribution in [3.05, 3.63) is 11.4 Å². The standard InChI is InChI=1S/C11H17ClN2O3S/c1-7-11(18(12,16)17)8(2)14(13-7)9-5-3-4-6-10(9)15/h9-10,15H,3-6H2,1-2H3. The van der Waals surface area contributed by atoms with Crippen molar-refractivity contribution in [3.8, 4) is 0 Å². The fourth-order valence-electron chi connectivity index (χ4n) is 2.70. The first kappa shape index (κ1) is 13.8. The molecule has 0 bridgehead atoms. The van der Waals surface area contributed by atoms with E-state index in [1.165, 1.54) is 0 Å². The van der Waals surface area contributed by atoms with Gasteiger partial charge in [-0.05, 0) is 26.7 Å². The van der Waals surface area contributed by atoms with E-state index in [-0.39, 0.29) is 10.9 Å². The molecular weight excluding hydrogens is 276 g/mol. The van der Waals surface area contributed by atoms with Crippen LogP contribution in [0.4, 0.5) is 0 Å². The number of aryl methyl sites for hydroxylation is 1. The van der Waals surface area contributed by atoms with Crippen molar-refractivity contribution < 1.29 is 13.5 Å². The van der Waals surface area contributed by atoms with Gasteiger partial charge in [-0.15, -0.1) is 0 Å². The maximum atomic E-state index is 11.5. The molecule has 2 atom stereocenters. The highest BCUT2D eigenvalue weighted by Gasteiger charge is 2.30. The molecule has 1 N–H and O–H groups in total. The average molecular weight is 293 g/mol. The summed E-state index contributed by atoms with van der Waals surface area (Å²) in [6.07, 6.45) is 3.08. The fraction of sp³-hybridized carbons (Fsp3) is 0.727. The van der Waals surface area contributed by atoms with Crippen LogP contribution in [0.25, 0.3) is 0 Å². The molecule has 0 saturated heterocycles. The highest BCUT2D eigenvalue weighted by Crippen LogP contribution is 2.32. The number of aromatic nitrogens is 2. The van der Waals surface area contributed by atoms with Gasteiger partial charge in [0.25, 0.3) is 9.05 Å². The summed E-state index contributed by atoms with van der Waals surface area (Å²) in [7, 11) is 1.62. The SMILES string of the molecule is Cc1nn(C2CCCCC2O)c(C)c1S(=O)(=O)Cl. The monoisotopic (exact) mass is 292 g/mol. The Kier molecular flexibility index (Phi) is 3.71. The van der Waals surface area contributed by atoms with Crippen LogP contribution in [0.1, 0.15) is 43.1 Å². The van der Waals surface area contributed by atoms with Crippen LogP contribution in [0.2, 0.25) is 0 Å². The van der Waals surface area contributed by atoms with Gasteiger partial charge in [-0.1, -0.05) is 12.8 Å². The molecule has 18 heavy (non-hydrogen) atoms. The van der Waals surface area contributed by atoms with E-state index < -0.39 is 15.2 Å². The Balaban J connectivity index is 2.47. The zero-order chi connectivity index (χ0) is 13.5. The van der Waals surface area contributed by atoms with Gasteiger partial charge in [0, 0.05) is 10.7 Å². The molecule has 1 aliphatic rings. The fourth-order valence-corrected chi connectivity index (χ4v) is 4.21. The Morgan fingerprint density at radius 1 is 1.33 bits per heavy atom. The number of aliphatic hydroxyl groups is 1. The lowest BCUT2D eigenvalue weighted by Crippen LogP contribution is -2.29. The second kappa shape index (κ2) is 4.83. The third-order valence-electron chi connectivity index (χ3n) is 3.51. The van der Waals surface area contributed by atoms with Gasteiger partial charge in [0.2, 0.25) is 0 Å². The lowest BCUT2D eigenvalue weighted by atomic mass is 9.92. The van der Waals surface area contributed by atoms with Crippen molar-refractivity contribution in [2.75, 3.05) is 0 Å². The van der Waals surface area contributed by atoms with Crippen molar-refractivity contribution in [3.63, 3.8) is 0 Å². The van der Waals surface area contributed by atoms with Gasteiger partial charge < -0.3 is 5.11 Å². The Labute approximate surface area is 111 Å². The van der Waals surface area contributed by atoms with E-state index in [9.17, 15) is 13.5 Å². The molecule has 0 aromatic carbocycles. The number of halogens is 1. The van der Waals surface area contributed by atoms with Gasteiger partial charge in [0.15, 0.2) is 0 Å². The molecule has 0 aliphatic heterocycles. The van der Waals surface area contributed by atoms with Crippen LogP contribution in [0, 0.1) is 13.8 Å². The molecule has 0 radical (unpaired) electrons. The maximum absolute atomic E-state index is 11.5. The number of hydrogen-bond donors (Lipinski definition) is 1. The summed E-state index contributed by atoms with van der Waals surface area (Å²) in [6, 6.07) is -0.149. The van der Waals surface area contributed by atoms with E-state index in [4.69, 9.17) is 10.7 Å². The average Bonchev–Trinajstić information content (AvgIpc) is 2.54. The molecule has 2 unspecified atom stereocenters. The Morgan fingerprint density at radius 2 is 1.94 bits per heavy atom. The van der Waals surface area contributed by atoms with Crippen molar-refractivity contribution in [2.24, 2.45) is 0 Å². The molecule has 1 fully saturated rings. The summed E-state index contributed by atoms with van der Waals surface area (Å²) < 4.78 is 24.6. The summed E-state index contributed by atoms with van der Waals surface area (Å²) in [4.78, 5) is 0.0712. The van der Waals surface area contributed by atoms with Gasteiger partial charge in [0.1, 0.15) is 4.90 Å². The Morgan fingerprint density at radius 3 is 2.44 bits per heavy atom. The minimum absolute atomic E-state index is 0.0712. The maximum Gasteiger partial charge on any atom is 0.264 e. The van der Waals surface area contributed by atoms with Crippen LogP contribution in [0.5, 0.6) is 0 Å². The molecule has 102 valence electrons. The molecule has 1 saturated carbocycles. The lowest BCUT2D eigenvalue weighted by molar-refractivity contribution is 0.0681. The Hall–Kier alpha value is -0.590. The van der Waals surface area contributed by atoms with Crippen molar-refractivity contribution >= 4 is 19.7 Å². The van der Waals surface area contributed by atoms with Crippen LogP contribution < -0.4 is 0 Å². The second-order valence-electron chi connectivity index (χ2n) is 4.80. The molecule has 0 spiro atoms. The normalized spacial score (nSPS) is 25.3. The predicted molar refractivity (Wildman–Crippen MR) is 68.3 cm³/mol. The first-order valence-corrected chi connectivity index (χ1v) is 8.31. The zero-order valence-corrected chi connectivity index (χ0v) is 12.0. The first-order chi connectivity index (χ1) is 8.32. The topological polar surface area (TPSA) is 72.2 Å². The smallest absolute Gasteiger partial charge is 0.264 e. The van der Waals surface area contributed by atoms with Gasteiger partial charge in [-0.2, -0.15) is 5.10 Å². The van der Waals surface area contributed by atoms with Crippen molar-refractivity contribution in [1.82, 2.24) is 9.78 Å². The first-order valence-electron chi connectivity index (χ1n) is 6.01. The molecule has 5 nitrogen and oxygen atoms in total. The van der Waals surface area contributed by atoms with E-state index >= 15 is 0 Å². The van der Waals surface area contributed by atoms with Crippen molar-refractivity contribution in [1.29, 1.82) is 0 Å². The minimum Gasteiger partial charge on any atom is -0.391 e. The van der Waals surface area contributed by atoms with E-state index in [2.05, 4.69) is 5.10 Å². The summed E-state index contributed by atoms with van der Waals surface area (Å²) in [5.74, 6) is 0. The molecule has 7 heteroatoms. The van der Waals surface area contributed by atoms with Gasteiger partial charge in [-0.3, -0.25) is 4.68 Å². The summed E-state index contributed by atoms with van der Waals surface area (Å²) in [5, 5.41) is 14.3. The third-order valence-corrected chi connectivity index (χ3v) is 5.05. The van der Waals surface area contributed by atoms with Crippen LogP contribution in [-0.2, 0) is 9.05 Å². The van der Waals surface area contributed by atoms with Crippen LogP contribution >= 0.6 is 10.7 Å². The Bertz CT molecular complexity index is 553. The summed E-state index contributed by atoms with van der Waals surface area (Å²) >= 11 is 0. The molecule has 1 aromatic heterocycles. The summed E-state index contributed by atoms with van der Waals surface area (Å²) in [6.45, 7) is 3.30. The minimum atomic E-state index is -3.79. The molecule has 1 heterocycles. The van der Waals surface area contributed by atoms with Crippen LogP contribution in [0.3, 0.4) is 0 Å². The molecular formula is C11H17ClN2O3S. The highest BCUT2D eigenvalue weighted by atomic mass is 35.7.